The van der Waals surface area contributed by atoms with Crippen molar-refractivity contribution in [1.29, 1.82) is 0 Å². The lowest BCUT2D eigenvalue weighted by molar-refractivity contribution is -0.384. The van der Waals surface area contributed by atoms with Crippen LogP contribution in [0.3, 0.4) is 0 Å². The Labute approximate surface area is 201 Å². The van der Waals surface area contributed by atoms with Gasteiger partial charge in [0.15, 0.2) is 11.5 Å². The number of methoxy groups -OCH3 is 1. The van der Waals surface area contributed by atoms with Gasteiger partial charge in [-0.2, -0.15) is 10.1 Å². The molecule has 2 aromatic carbocycles. The maximum atomic E-state index is 13.1. The summed E-state index contributed by atoms with van der Waals surface area (Å²) in [6.45, 7) is 0.208. The number of ether oxygens (including phenoxy) is 2. The third kappa shape index (κ3) is 3.50. The molecule has 1 aliphatic heterocycles. The fourth-order valence-corrected chi connectivity index (χ4v) is 5.94. The summed E-state index contributed by atoms with van der Waals surface area (Å²) in [5, 5.41) is 16.1. The Kier molecular flexibility index (Phi) is 4.94. The van der Waals surface area contributed by atoms with Crippen molar-refractivity contribution in [2.24, 2.45) is 40.6 Å². The fraction of sp³-hybridized carbons (Fsp3) is 0.346. The lowest BCUT2D eigenvalue weighted by Crippen LogP contribution is -2.40. The van der Waals surface area contributed by atoms with Gasteiger partial charge < -0.3 is 9.47 Å². The number of nitrogens with zero attached hydrogens (tertiary/aromatic N) is 3. The number of nitro groups is 1. The number of hydrogen-bond acceptors (Lipinski definition) is 7. The first-order chi connectivity index (χ1) is 17.0. The molecule has 0 aromatic heterocycles. The highest BCUT2D eigenvalue weighted by molar-refractivity contribution is 6.06. The average Bonchev–Trinajstić information content (AvgIpc) is 3.66. The van der Waals surface area contributed by atoms with E-state index < -0.39 is 4.92 Å². The molecule has 0 spiro atoms. The predicted molar refractivity (Wildman–Crippen MR) is 125 cm³/mol. The summed E-state index contributed by atoms with van der Waals surface area (Å²) in [6, 6.07) is 11.3. The van der Waals surface area contributed by atoms with Gasteiger partial charge in [-0.15, -0.1) is 0 Å². The first kappa shape index (κ1) is 21.5. The summed E-state index contributed by atoms with van der Waals surface area (Å²) in [4.78, 5) is 36.5. The van der Waals surface area contributed by atoms with Gasteiger partial charge in [-0.1, -0.05) is 12.2 Å². The molecule has 5 aliphatic rings. The molecule has 1 saturated heterocycles. The number of hydrazone groups is 1. The van der Waals surface area contributed by atoms with E-state index in [2.05, 4.69) is 17.3 Å². The Balaban J connectivity index is 1.15. The number of non-ortho nitro benzene ring substituents is 1. The third-order valence-corrected chi connectivity index (χ3v) is 7.69. The minimum atomic E-state index is -0.450. The minimum Gasteiger partial charge on any atom is -0.493 e. The second-order valence-corrected chi connectivity index (χ2v) is 9.51. The van der Waals surface area contributed by atoms with Crippen molar-refractivity contribution in [3.63, 3.8) is 0 Å². The van der Waals surface area contributed by atoms with Gasteiger partial charge in [0.1, 0.15) is 6.61 Å². The third-order valence-electron chi connectivity index (χ3n) is 7.69. The van der Waals surface area contributed by atoms with Crippen LogP contribution in [-0.4, -0.2) is 35.1 Å². The highest BCUT2D eigenvalue weighted by atomic mass is 16.6. The van der Waals surface area contributed by atoms with Crippen LogP contribution in [0.5, 0.6) is 11.5 Å². The van der Waals surface area contributed by atoms with Gasteiger partial charge in [-0.05, 0) is 71.6 Å². The Bertz CT molecular complexity index is 1250. The van der Waals surface area contributed by atoms with Crippen molar-refractivity contribution in [1.82, 2.24) is 5.01 Å². The number of amides is 2. The van der Waals surface area contributed by atoms with Gasteiger partial charge in [0.2, 0.25) is 0 Å². The van der Waals surface area contributed by atoms with Crippen LogP contribution in [-0.2, 0) is 16.2 Å². The van der Waals surface area contributed by atoms with Crippen LogP contribution >= 0.6 is 0 Å². The minimum absolute atomic E-state index is 0.0184. The summed E-state index contributed by atoms with van der Waals surface area (Å²) >= 11 is 0. The lowest BCUT2D eigenvalue weighted by atomic mass is 9.63. The van der Waals surface area contributed by atoms with Crippen molar-refractivity contribution in [3.05, 3.63) is 75.9 Å². The number of rotatable bonds is 7. The summed E-state index contributed by atoms with van der Waals surface area (Å²) in [5.74, 6) is 1.44. The second-order valence-electron chi connectivity index (χ2n) is 9.51. The molecule has 0 unspecified atom stereocenters. The number of carbonyl (C=O) groups excluding carboxylic acids is 2. The second kappa shape index (κ2) is 8.04. The monoisotopic (exact) mass is 473 g/mol. The largest absolute Gasteiger partial charge is 0.493 e. The molecule has 35 heavy (non-hydrogen) atoms. The van der Waals surface area contributed by atoms with Crippen molar-refractivity contribution in [3.8, 4) is 11.5 Å². The number of carbonyl (C=O) groups is 2. The molecule has 7 rings (SSSR count). The molecule has 2 saturated carbocycles. The maximum Gasteiger partial charge on any atom is 0.269 e. The fourth-order valence-electron chi connectivity index (χ4n) is 5.94. The van der Waals surface area contributed by atoms with E-state index in [0.717, 1.165) is 17.0 Å². The zero-order chi connectivity index (χ0) is 24.3. The van der Waals surface area contributed by atoms with E-state index in [1.54, 1.807) is 30.3 Å². The van der Waals surface area contributed by atoms with E-state index in [1.807, 2.05) is 0 Å². The number of allylic oxidation sites excluding steroid dienone is 2. The van der Waals surface area contributed by atoms with Crippen LogP contribution in [0.2, 0.25) is 0 Å². The Hall–Kier alpha value is -4.01. The number of imide groups is 1. The van der Waals surface area contributed by atoms with Gasteiger partial charge >= 0.3 is 0 Å². The summed E-state index contributed by atoms with van der Waals surface area (Å²) in [6.07, 6.45) is 6.89. The number of nitro benzene ring substituents is 1. The quantitative estimate of drug-likeness (QED) is 0.200. The molecule has 2 amide bonds. The Morgan fingerprint density at radius 1 is 1.03 bits per heavy atom. The smallest absolute Gasteiger partial charge is 0.269 e. The average molecular weight is 473 g/mol. The highest BCUT2D eigenvalue weighted by Crippen LogP contribution is 2.65. The molecular formula is C26H23N3O6. The van der Waals surface area contributed by atoms with Gasteiger partial charge in [0.05, 0.1) is 30.1 Å². The van der Waals surface area contributed by atoms with Gasteiger partial charge in [0, 0.05) is 12.1 Å². The van der Waals surface area contributed by atoms with Crippen LogP contribution in [0.25, 0.3) is 0 Å². The van der Waals surface area contributed by atoms with Crippen molar-refractivity contribution in [2.45, 2.75) is 13.0 Å². The van der Waals surface area contributed by atoms with E-state index >= 15 is 0 Å². The molecule has 2 bridgehead atoms. The first-order valence-electron chi connectivity index (χ1n) is 11.6. The SMILES string of the molecule is COc1cc(/C=N\N2C(=O)[C@@H]3[C@@H]4C=C[C@@H]([C@@H]5C[C@H]45)[C@@H]3C2=O)ccc1OCc1ccc([N+](=O)[O-])cc1. The molecule has 0 N–H and O–H groups in total. The Morgan fingerprint density at radius 3 is 2.29 bits per heavy atom. The van der Waals surface area contributed by atoms with E-state index in [9.17, 15) is 19.7 Å². The number of benzene rings is 2. The molecule has 3 fully saturated rings. The molecule has 9 heteroatoms. The van der Waals surface area contributed by atoms with Crippen LogP contribution in [0.1, 0.15) is 17.5 Å². The van der Waals surface area contributed by atoms with Gasteiger partial charge in [-0.3, -0.25) is 19.7 Å². The van der Waals surface area contributed by atoms with Gasteiger partial charge in [-0.25, -0.2) is 0 Å². The van der Waals surface area contributed by atoms with E-state index in [4.69, 9.17) is 9.47 Å². The molecule has 1 heterocycles. The molecular weight excluding hydrogens is 450 g/mol. The maximum absolute atomic E-state index is 13.1. The molecule has 178 valence electrons. The van der Waals surface area contributed by atoms with E-state index in [1.165, 1.54) is 25.5 Å². The molecule has 4 aliphatic carbocycles. The predicted octanol–water partition coefficient (Wildman–Crippen LogP) is 3.57. The van der Waals surface area contributed by atoms with E-state index in [-0.39, 0.29) is 47.8 Å². The first-order valence-corrected chi connectivity index (χ1v) is 11.6. The van der Waals surface area contributed by atoms with Crippen molar-refractivity contribution in [2.75, 3.05) is 7.11 Å². The standard InChI is InChI=1S/C26H23N3O6/c1-34-22-10-15(4-9-21(22)35-13-14-2-5-16(6-3-14)29(32)33)12-27-28-25(30)23-17-7-8-18(20-11-19(17)20)24(23)26(28)31/h2-10,12,17-20,23-24H,11,13H2,1H3/b27-12-/t17-,18+,19-,20+,23-,24+. The van der Waals surface area contributed by atoms with Crippen molar-refractivity contribution >= 4 is 23.7 Å². The summed E-state index contributed by atoms with van der Waals surface area (Å²) in [7, 11) is 1.52. The normalized spacial score (nSPS) is 29.9. The number of hydrogen-bond donors (Lipinski definition) is 0. The molecule has 6 atom stereocenters. The molecule has 0 radical (unpaired) electrons. The van der Waals surface area contributed by atoms with Gasteiger partial charge in [0.25, 0.3) is 17.5 Å². The topological polar surface area (TPSA) is 111 Å². The van der Waals surface area contributed by atoms with Crippen LogP contribution in [0.15, 0.2) is 59.7 Å². The van der Waals surface area contributed by atoms with E-state index in [0.29, 0.717) is 28.9 Å². The van der Waals surface area contributed by atoms with Crippen LogP contribution in [0.4, 0.5) is 5.69 Å². The Morgan fingerprint density at radius 2 is 1.69 bits per heavy atom. The lowest BCUT2D eigenvalue weighted by Gasteiger charge is -2.37. The van der Waals surface area contributed by atoms with Crippen molar-refractivity contribution < 1.29 is 24.0 Å². The zero-order valence-electron chi connectivity index (χ0n) is 18.9. The molecule has 2 aromatic rings. The molecule has 9 nitrogen and oxygen atoms in total. The van der Waals surface area contributed by atoms with Crippen LogP contribution in [0, 0.1) is 45.6 Å². The van der Waals surface area contributed by atoms with Crippen LogP contribution < -0.4 is 9.47 Å². The summed E-state index contributed by atoms with van der Waals surface area (Å²) < 4.78 is 11.3. The summed E-state index contributed by atoms with van der Waals surface area (Å²) in [5.41, 5.74) is 1.45. The zero-order valence-corrected chi connectivity index (χ0v) is 18.9. The highest BCUT2D eigenvalue weighted by Gasteiger charge is 2.67.